The average molecular weight is 248 g/mol. The lowest BCUT2D eigenvalue weighted by Crippen LogP contribution is -2.31. The molecule has 4 rings (SSSR count). The molecule has 0 heteroatoms. The Kier molecular flexibility index (Phi) is 2.21. The van der Waals surface area contributed by atoms with Crippen molar-refractivity contribution in [2.45, 2.75) is 44.4 Å². The van der Waals surface area contributed by atoms with Crippen LogP contribution in [0.15, 0.2) is 42.5 Å². The van der Waals surface area contributed by atoms with E-state index in [1.54, 1.807) is 22.3 Å². The summed E-state index contributed by atoms with van der Waals surface area (Å²) in [4.78, 5) is 0. The fourth-order valence-corrected chi connectivity index (χ4v) is 4.25. The lowest BCUT2D eigenvalue weighted by atomic mass is 9.61. The van der Waals surface area contributed by atoms with Crippen LogP contribution in [0, 0.1) is 0 Å². The summed E-state index contributed by atoms with van der Waals surface area (Å²) in [5, 5.41) is 0. The molecule has 0 saturated heterocycles. The first-order valence-electron chi connectivity index (χ1n) is 7.41. The van der Waals surface area contributed by atoms with Crippen LogP contribution in [-0.4, -0.2) is 0 Å². The number of aryl methyl sites for hydroxylation is 1. The number of fused-ring (bicyclic) bond motifs is 2. The minimum Gasteiger partial charge on any atom is -0.0620 e. The highest BCUT2D eigenvalue weighted by molar-refractivity contribution is 5.58. The summed E-state index contributed by atoms with van der Waals surface area (Å²) in [7, 11) is 0. The zero-order valence-corrected chi connectivity index (χ0v) is 11.7. The third kappa shape index (κ3) is 1.40. The summed E-state index contributed by atoms with van der Waals surface area (Å²) in [6, 6.07) is 16.0. The molecular formula is C19H20. The smallest absolute Gasteiger partial charge is 0.0152 e. The Hall–Kier alpha value is -1.56. The van der Waals surface area contributed by atoms with Crippen molar-refractivity contribution in [1.82, 2.24) is 0 Å². The predicted octanol–water partition coefficient (Wildman–Crippen LogP) is 4.79. The minimum absolute atomic E-state index is 0.149. The number of hydrogen-bond donors (Lipinski definition) is 0. The number of benzene rings is 2. The molecule has 0 aliphatic heterocycles. The van der Waals surface area contributed by atoms with Crippen molar-refractivity contribution < 1.29 is 0 Å². The molecule has 96 valence electrons. The van der Waals surface area contributed by atoms with E-state index in [1.165, 1.54) is 24.8 Å². The van der Waals surface area contributed by atoms with Crippen LogP contribution in [0.1, 0.15) is 60.4 Å². The summed E-state index contributed by atoms with van der Waals surface area (Å²) in [5.74, 6) is 0.643. The number of hydrogen-bond acceptors (Lipinski definition) is 0. The van der Waals surface area contributed by atoms with E-state index in [1.807, 2.05) is 0 Å². The molecule has 0 N–H and O–H groups in total. The average Bonchev–Trinajstić information content (AvgIpc) is 2.45. The zero-order chi connectivity index (χ0) is 13.0. The normalized spacial score (nSPS) is 22.5. The molecule has 0 amide bonds. The number of rotatable bonds is 0. The molecule has 2 aromatic carbocycles. The lowest BCUT2D eigenvalue weighted by molar-refractivity contribution is 0.530. The monoisotopic (exact) mass is 248 g/mol. The van der Waals surface area contributed by atoms with Crippen LogP contribution in [0.4, 0.5) is 0 Å². The van der Waals surface area contributed by atoms with E-state index in [0.29, 0.717) is 5.92 Å². The van der Waals surface area contributed by atoms with Gasteiger partial charge >= 0.3 is 0 Å². The van der Waals surface area contributed by atoms with Gasteiger partial charge in [-0.15, -0.1) is 0 Å². The molecule has 2 aliphatic carbocycles. The molecule has 0 radical (unpaired) electrons. The van der Waals surface area contributed by atoms with E-state index >= 15 is 0 Å². The van der Waals surface area contributed by atoms with Crippen LogP contribution in [0.3, 0.4) is 0 Å². The highest BCUT2D eigenvalue weighted by Gasteiger charge is 2.39. The second kappa shape index (κ2) is 3.72. The summed E-state index contributed by atoms with van der Waals surface area (Å²) in [5.41, 5.74) is 8.07. The maximum Gasteiger partial charge on any atom is 0.0152 e. The predicted molar refractivity (Wildman–Crippen MR) is 79.8 cm³/mol. The molecular weight excluding hydrogens is 228 g/mol. The van der Waals surface area contributed by atoms with Crippen molar-refractivity contribution in [2.75, 3.05) is 0 Å². The largest absolute Gasteiger partial charge is 0.0620 e. The quantitative estimate of drug-likeness (QED) is 0.628. The molecule has 0 aromatic heterocycles. The second-order valence-corrected chi connectivity index (χ2v) is 6.54. The van der Waals surface area contributed by atoms with E-state index < -0.39 is 0 Å². The highest BCUT2D eigenvalue weighted by Crippen LogP contribution is 2.51. The highest BCUT2D eigenvalue weighted by atomic mass is 14.4. The first-order chi connectivity index (χ1) is 9.19. The Morgan fingerprint density at radius 2 is 1.74 bits per heavy atom. The molecule has 2 aromatic rings. The summed E-state index contributed by atoms with van der Waals surface area (Å²) >= 11 is 0. The van der Waals surface area contributed by atoms with Gasteiger partial charge in [0.2, 0.25) is 0 Å². The molecule has 1 atom stereocenters. The fraction of sp³-hybridized carbons (Fsp3) is 0.368. The maximum atomic E-state index is 2.38. The van der Waals surface area contributed by atoms with Gasteiger partial charge in [0.25, 0.3) is 0 Å². The van der Waals surface area contributed by atoms with Crippen LogP contribution < -0.4 is 0 Å². The summed E-state index contributed by atoms with van der Waals surface area (Å²) in [6.07, 6.45) is 3.91. The molecule has 1 unspecified atom stereocenters. The van der Waals surface area contributed by atoms with Gasteiger partial charge in [-0.2, -0.15) is 0 Å². The minimum atomic E-state index is 0.149. The molecule has 19 heavy (non-hydrogen) atoms. The van der Waals surface area contributed by atoms with Crippen LogP contribution in [0.2, 0.25) is 0 Å². The Morgan fingerprint density at radius 1 is 0.947 bits per heavy atom. The third-order valence-corrected chi connectivity index (χ3v) is 5.17. The standard InChI is InChI=1S/C19H20/c1-19(2)16-11-4-3-9-14(16)15-10-5-7-13-8-6-12-17(19)18(13)15/h3-4,6,8-9,11-12,15H,5,7,10H2,1-2H3. The van der Waals surface area contributed by atoms with Crippen LogP contribution in [0.25, 0.3) is 0 Å². The van der Waals surface area contributed by atoms with Gasteiger partial charge in [-0.1, -0.05) is 56.3 Å². The van der Waals surface area contributed by atoms with Gasteiger partial charge in [-0.25, -0.2) is 0 Å². The van der Waals surface area contributed by atoms with E-state index in [-0.39, 0.29) is 5.41 Å². The molecule has 0 bridgehead atoms. The molecule has 0 saturated carbocycles. The fourth-order valence-electron chi connectivity index (χ4n) is 4.25. The molecule has 2 aliphatic rings. The molecule has 0 heterocycles. The van der Waals surface area contributed by atoms with Gasteiger partial charge in [0.15, 0.2) is 0 Å². The maximum absolute atomic E-state index is 2.38. The first kappa shape index (κ1) is 11.3. The zero-order valence-electron chi connectivity index (χ0n) is 11.7. The molecule has 0 nitrogen and oxygen atoms in total. The van der Waals surface area contributed by atoms with Crippen molar-refractivity contribution >= 4 is 0 Å². The van der Waals surface area contributed by atoms with E-state index in [9.17, 15) is 0 Å². The second-order valence-electron chi connectivity index (χ2n) is 6.54. The van der Waals surface area contributed by atoms with Gasteiger partial charge in [0, 0.05) is 11.3 Å². The topological polar surface area (TPSA) is 0 Å². The Morgan fingerprint density at radius 3 is 2.63 bits per heavy atom. The third-order valence-electron chi connectivity index (χ3n) is 5.17. The van der Waals surface area contributed by atoms with Gasteiger partial charge in [-0.05, 0) is 47.1 Å². The molecule has 0 spiro atoms. The SMILES string of the molecule is CC1(C)c2ccccc2C2CCCc3cccc1c32. The van der Waals surface area contributed by atoms with Crippen LogP contribution >= 0.6 is 0 Å². The Balaban J connectivity index is 2.08. The van der Waals surface area contributed by atoms with Crippen molar-refractivity contribution in [3.63, 3.8) is 0 Å². The van der Waals surface area contributed by atoms with Gasteiger partial charge in [0.05, 0.1) is 0 Å². The lowest BCUT2D eigenvalue weighted by Gasteiger charge is -2.42. The van der Waals surface area contributed by atoms with Crippen molar-refractivity contribution in [3.8, 4) is 0 Å². The Bertz CT molecular complexity index is 649. The van der Waals surface area contributed by atoms with Gasteiger partial charge in [-0.3, -0.25) is 0 Å². The first-order valence-corrected chi connectivity index (χ1v) is 7.41. The van der Waals surface area contributed by atoms with Crippen LogP contribution in [-0.2, 0) is 11.8 Å². The molecule has 0 fully saturated rings. The van der Waals surface area contributed by atoms with E-state index in [4.69, 9.17) is 0 Å². The Labute approximate surface area is 115 Å². The van der Waals surface area contributed by atoms with Gasteiger partial charge < -0.3 is 0 Å². The van der Waals surface area contributed by atoms with E-state index in [0.717, 1.165) is 0 Å². The van der Waals surface area contributed by atoms with Crippen molar-refractivity contribution in [1.29, 1.82) is 0 Å². The van der Waals surface area contributed by atoms with Crippen molar-refractivity contribution in [3.05, 3.63) is 70.3 Å². The van der Waals surface area contributed by atoms with Gasteiger partial charge in [0.1, 0.15) is 0 Å². The summed E-state index contributed by atoms with van der Waals surface area (Å²) < 4.78 is 0. The van der Waals surface area contributed by atoms with Crippen molar-refractivity contribution in [2.24, 2.45) is 0 Å². The summed E-state index contributed by atoms with van der Waals surface area (Å²) in [6.45, 7) is 4.76. The van der Waals surface area contributed by atoms with E-state index in [2.05, 4.69) is 56.3 Å². The van der Waals surface area contributed by atoms with Crippen LogP contribution in [0.5, 0.6) is 0 Å².